The van der Waals surface area contributed by atoms with Crippen molar-refractivity contribution >= 4 is 5.97 Å². The van der Waals surface area contributed by atoms with Crippen LogP contribution in [0.3, 0.4) is 0 Å². The van der Waals surface area contributed by atoms with Gasteiger partial charge in [0.15, 0.2) is 12.6 Å². The first kappa shape index (κ1) is 36.1. The van der Waals surface area contributed by atoms with Gasteiger partial charge in [-0.05, 0) is 75.2 Å². The van der Waals surface area contributed by atoms with E-state index in [1.165, 1.54) is 0 Å². The van der Waals surface area contributed by atoms with Crippen LogP contribution >= 0.6 is 0 Å². The highest BCUT2D eigenvalue weighted by atomic mass is 16.7. The van der Waals surface area contributed by atoms with Crippen LogP contribution in [0.2, 0.25) is 0 Å². The van der Waals surface area contributed by atoms with Gasteiger partial charge < -0.3 is 64.5 Å². The van der Waals surface area contributed by atoms with Gasteiger partial charge in [0.25, 0.3) is 0 Å². The lowest BCUT2D eigenvalue weighted by atomic mass is 9.41. The molecular weight excluding hydrogens is 644 g/mol. The number of aliphatic hydroxyl groups excluding tert-OH is 6. The Kier molecular flexibility index (Phi) is 9.36. The van der Waals surface area contributed by atoms with Crippen molar-refractivity contribution in [2.24, 2.45) is 28.6 Å². The highest BCUT2D eigenvalue weighted by molar-refractivity contribution is 5.85. The standard InChI is InChI=1S/C35H54O14/c1-16-30(49-31-29(42)28(41)27(40)23(14-36)48-31)21(37)11-25(46-16)47-18-4-7-32(2)26-20(5-8-34(32,43)12-18)35(44)9-6-19(17-10-24(39)45-15-17)33(35,3)13-22(26)38/h10,16,18-23,25-31,36-38,40-44H,4-9,11-15H2,1-3H3/t16-,18+,19-,20?,21+,22-,23-,25+,26?,27-,28+,29-,30-,31+,32-,33-,34+,35+/m1/s1. The average molecular weight is 699 g/mol. The third-order valence-electron chi connectivity index (χ3n) is 14.1. The number of rotatable bonds is 6. The number of hydrogen-bond donors (Lipinski definition) is 8. The van der Waals surface area contributed by atoms with Crippen LogP contribution in [0, 0.1) is 28.6 Å². The number of carbonyl (C=O) groups is 1. The van der Waals surface area contributed by atoms with Gasteiger partial charge in [0.05, 0.1) is 42.2 Å². The molecule has 2 unspecified atom stereocenters. The molecule has 0 aromatic heterocycles. The highest BCUT2D eigenvalue weighted by Gasteiger charge is 2.72. The fourth-order valence-corrected chi connectivity index (χ4v) is 11.4. The van der Waals surface area contributed by atoms with Crippen molar-refractivity contribution in [3.63, 3.8) is 0 Å². The SMILES string of the molecule is C[C@H]1O[C@@H](O[C@H]2CC[C@]3(C)C4C(CC[C@]3(O)C2)[C@@]2(O)CC[C@H](C3=CC(=O)OC3)[C@@]2(C)C[C@H]4O)C[C@H](O)[C@@H]1O[C@@H]1O[C@H](CO)[C@@H](O)[C@H](O)[C@H]1O. The summed E-state index contributed by atoms with van der Waals surface area (Å²) in [5.41, 5.74) is -2.63. The van der Waals surface area contributed by atoms with Crippen LogP contribution in [0.5, 0.6) is 0 Å². The molecule has 18 atom stereocenters. The lowest BCUT2D eigenvalue weighted by molar-refractivity contribution is -0.346. The van der Waals surface area contributed by atoms with Crippen molar-refractivity contribution in [3.05, 3.63) is 11.6 Å². The molecule has 14 heteroatoms. The monoisotopic (exact) mass is 698 g/mol. The van der Waals surface area contributed by atoms with Gasteiger partial charge in [0, 0.05) is 29.7 Å². The Morgan fingerprint density at radius 1 is 0.878 bits per heavy atom. The van der Waals surface area contributed by atoms with Crippen LogP contribution in [0.25, 0.3) is 0 Å². The molecule has 49 heavy (non-hydrogen) atoms. The summed E-state index contributed by atoms with van der Waals surface area (Å²) in [5.74, 6) is -0.965. The van der Waals surface area contributed by atoms with Crippen molar-refractivity contribution in [1.82, 2.24) is 0 Å². The minimum absolute atomic E-state index is 0.0297. The van der Waals surface area contributed by atoms with E-state index in [0.717, 1.165) is 5.57 Å². The summed E-state index contributed by atoms with van der Waals surface area (Å²) in [6.07, 6.45) is -6.43. The third kappa shape index (κ3) is 5.56. The molecular formula is C35H54O14. The third-order valence-corrected chi connectivity index (χ3v) is 14.1. The fourth-order valence-electron chi connectivity index (χ4n) is 11.4. The molecule has 3 heterocycles. The van der Waals surface area contributed by atoms with Gasteiger partial charge in [0.2, 0.25) is 0 Å². The van der Waals surface area contributed by atoms with Crippen molar-refractivity contribution < 1.29 is 69.3 Å². The number of carbonyl (C=O) groups excluding carboxylic acids is 1. The molecule has 8 N–H and O–H groups in total. The molecule has 4 aliphatic carbocycles. The van der Waals surface area contributed by atoms with Crippen molar-refractivity contribution in [2.75, 3.05) is 13.2 Å². The quantitative estimate of drug-likeness (QED) is 0.128. The van der Waals surface area contributed by atoms with Gasteiger partial charge in [0.1, 0.15) is 37.1 Å². The maximum atomic E-state index is 12.5. The van der Waals surface area contributed by atoms with Crippen LogP contribution in [-0.2, 0) is 28.5 Å². The summed E-state index contributed by atoms with van der Waals surface area (Å²) in [6, 6.07) is 0. The van der Waals surface area contributed by atoms with Crippen molar-refractivity contribution in [2.45, 2.75) is 157 Å². The summed E-state index contributed by atoms with van der Waals surface area (Å²) < 4.78 is 28.9. The molecule has 0 radical (unpaired) electrons. The molecule has 0 aromatic carbocycles. The minimum atomic E-state index is -1.62. The Labute approximate surface area is 285 Å². The molecule has 7 aliphatic rings. The Morgan fingerprint density at radius 3 is 2.31 bits per heavy atom. The number of fused-ring (bicyclic) bond motifs is 5. The number of cyclic esters (lactones) is 1. The normalized spacial score (nSPS) is 56.0. The van der Waals surface area contributed by atoms with Gasteiger partial charge >= 0.3 is 5.97 Å². The first-order valence-electron chi connectivity index (χ1n) is 18.0. The van der Waals surface area contributed by atoms with Crippen molar-refractivity contribution in [1.29, 1.82) is 0 Å². The van der Waals surface area contributed by atoms with Crippen molar-refractivity contribution in [3.8, 4) is 0 Å². The average Bonchev–Trinajstić information content (AvgIpc) is 3.58. The zero-order valence-electron chi connectivity index (χ0n) is 28.5. The lowest BCUT2D eigenvalue weighted by Crippen LogP contribution is -2.70. The molecule has 6 fully saturated rings. The molecule has 7 rings (SSSR count). The molecule has 278 valence electrons. The number of aliphatic hydroxyl groups is 8. The van der Waals surface area contributed by atoms with E-state index in [9.17, 15) is 45.6 Å². The summed E-state index contributed by atoms with van der Waals surface area (Å²) in [4.78, 5) is 11.9. The van der Waals surface area contributed by atoms with E-state index in [1.54, 1.807) is 13.0 Å². The van der Waals surface area contributed by atoms with E-state index >= 15 is 0 Å². The molecule has 3 aliphatic heterocycles. The summed E-state index contributed by atoms with van der Waals surface area (Å²) in [5, 5.41) is 87.8. The van der Waals surface area contributed by atoms with Crippen LogP contribution in [0.4, 0.5) is 0 Å². The molecule has 0 spiro atoms. The first-order valence-corrected chi connectivity index (χ1v) is 18.0. The predicted octanol–water partition coefficient (Wildman–Crippen LogP) is -0.605. The van der Waals surface area contributed by atoms with E-state index in [1.807, 2.05) is 13.8 Å². The zero-order chi connectivity index (χ0) is 35.3. The Hall–Kier alpha value is -1.27. The summed E-state index contributed by atoms with van der Waals surface area (Å²) in [6.45, 7) is 5.37. The number of ether oxygens (including phenoxy) is 5. The van der Waals surface area contributed by atoms with Gasteiger partial charge in [-0.25, -0.2) is 4.79 Å². The topological polar surface area (TPSA) is 225 Å². The van der Waals surface area contributed by atoms with Crippen LogP contribution in [-0.4, -0.2) is 139 Å². The van der Waals surface area contributed by atoms with Crippen LogP contribution in [0.15, 0.2) is 11.6 Å². The second-order valence-electron chi connectivity index (χ2n) is 16.5. The fraction of sp³-hybridized carbons (Fsp3) is 0.914. The van der Waals surface area contributed by atoms with E-state index < -0.39 is 96.2 Å². The van der Waals surface area contributed by atoms with Gasteiger partial charge in [-0.15, -0.1) is 0 Å². The second kappa shape index (κ2) is 12.7. The Bertz CT molecular complexity index is 1280. The number of esters is 1. The first-order chi connectivity index (χ1) is 23.0. The molecule has 2 saturated heterocycles. The molecule has 0 bridgehead atoms. The predicted molar refractivity (Wildman–Crippen MR) is 167 cm³/mol. The highest BCUT2D eigenvalue weighted by Crippen LogP contribution is 2.70. The van der Waals surface area contributed by atoms with Crippen LogP contribution in [0.1, 0.15) is 78.6 Å². The van der Waals surface area contributed by atoms with Crippen LogP contribution < -0.4 is 0 Å². The van der Waals surface area contributed by atoms with E-state index in [-0.39, 0.29) is 36.8 Å². The molecule has 0 amide bonds. The van der Waals surface area contributed by atoms with Gasteiger partial charge in [-0.2, -0.15) is 0 Å². The number of hydrogen-bond acceptors (Lipinski definition) is 14. The van der Waals surface area contributed by atoms with Gasteiger partial charge in [-0.3, -0.25) is 0 Å². The molecule has 14 nitrogen and oxygen atoms in total. The summed E-state index contributed by atoms with van der Waals surface area (Å²) in [7, 11) is 0. The Balaban J connectivity index is 1.00. The summed E-state index contributed by atoms with van der Waals surface area (Å²) >= 11 is 0. The molecule has 4 saturated carbocycles. The zero-order valence-corrected chi connectivity index (χ0v) is 28.5. The molecule has 0 aromatic rings. The second-order valence-corrected chi connectivity index (χ2v) is 16.5. The van der Waals surface area contributed by atoms with E-state index in [0.29, 0.717) is 51.4 Å². The smallest absolute Gasteiger partial charge is 0.331 e. The largest absolute Gasteiger partial charge is 0.458 e. The van der Waals surface area contributed by atoms with E-state index in [2.05, 4.69) is 0 Å². The minimum Gasteiger partial charge on any atom is -0.458 e. The maximum absolute atomic E-state index is 12.5. The maximum Gasteiger partial charge on any atom is 0.331 e. The van der Waals surface area contributed by atoms with E-state index in [4.69, 9.17) is 23.7 Å². The van der Waals surface area contributed by atoms with Gasteiger partial charge in [-0.1, -0.05) is 13.8 Å². The Morgan fingerprint density at radius 2 is 1.63 bits per heavy atom. The lowest BCUT2D eigenvalue weighted by Gasteiger charge is -2.67.